The lowest BCUT2D eigenvalue weighted by molar-refractivity contribution is -0.138. The van der Waals surface area contributed by atoms with Crippen LogP contribution in [0, 0.1) is 11.3 Å². The number of rotatable bonds is 6. The molecule has 178 valence electrons. The first-order valence-electron chi connectivity index (χ1n) is 9.99. The largest absolute Gasteiger partial charge is 0.445 e. The quantitative estimate of drug-likeness (QED) is 0.495. The Balaban J connectivity index is 1.73. The minimum absolute atomic E-state index is 0.121. The Morgan fingerprint density at radius 2 is 1.94 bits per heavy atom. The molecule has 0 aliphatic carbocycles. The first-order chi connectivity index (χ1) is 15.9. The van der Waals surface area contributed by atoms with Crippen molar-refractivity contribution in [2.24, 2.45) is 0 Å². The number of nitriles is 1. The minimum Gasteiger partial charge on any atom is -0.444 e. The fourth-order valence-electron chi connectivity index (χ4n) is 2.70. The van der Waals surface area contributed by atoms with E-state index in [0.29, 0.717) is 24.2 Å². The van der Waals surface area contributed by atoms with E-state index in [1.165, 1.54) is 6.07 Å². The molecule has 12 heteroatoms. The number of aromatic nitrogens is 3. The van der Waals surface area contributed by atoms with Crippen LogP contribution in [-0.2, 0) is 17.3 Å². The second kappa shape index (κ2) is 10.0. The number of hydrogen-bond acceptors (Lipinski definition) is 8. The molecule has 0 saturated heterocycles. The summed E-state index contributed by atoms with van der Waals surface area (Å²) in [5.74, 6) is 0.121. The van der Waals surface area contributed by atoms with Gasteiger partial charge in [-0.25, -0.2) is 4.79 Å². The van der Waals surface area contributed by atoms with Gasteiger partial charge in [0.15, 0.2) is 0 Å². The normalized spacial score (nSPS) is 11.6. The average molecular weight is 491 g/mol. The van der Waals surface area contributed by atoms with Crippen LogP contribution < -0.4 is 10.1 Å². The number of alkyl carbamates (subject to hydrolysis) is 1. The monoisotopic (exact) mass is 491 g/mol. The van der Waals surface area contributed by atoms with Crippen molar-refractivity contribution in [1.29, 1.82) is 5.26 Å². The second-order valence-corrected chi connectivity index (χ2v) is 8.97. The topological polar surface area (TPSA) is 110 Å². The number of hydrogen-bond donors (Lipinski definition) is 1. The number of halogens is 3. The number of benzene rings is 1. The van der Waals surface area contributed by atoms with Crippen molar-refractivity contribution >= 4 is 17.4 Å². The molecule has 0 unspecified atom stereocenters. The maximum absolute atomic E-state index is 12.8. The molecule has 1 N–H and O–H groups in total. The highest BCUT2D eigenvalue weighted by molar-refractivity contribution is 7.13. The smallest absolute Gasteiger partial charge is 0.444 e. The van der Waals surface area contributed by atoms with Gasteiger partial charge in [0.2, 0.25) is 5.01 Å². The Hall–Kier alpha value is -3.72. The van der Waals surface area contributed by atoms with Gasteiger partial charge in [0.1, 0.15) is 11.4 Å². The van der Waals surface area contributed by atoms with E-state index < -0.39 is 22.9 Å². The number of amides is 1. The maximum atomic E-state index is 12.8. The Kier molecular flexibility index (Phi) is 7.36. The highest BCUT2D eigenvalue weighted by Crippen LogP contribution is 2.38. The summed E-state index contributed by atoms with van der Waals surface area (Å²) in [6.07, 6.45) is -3.02. The van der Waals surface area contributed by atoms with E-state index in [1.54, 1.807) is 51.2 Å². The summed E-state index contributed by atoms with van der Waals surface area (Å²) in [5.41, 5.74) is 1.45. The van der Waals surface area contributed by atoms with E-state index in [1.807, 2.05) is 6.07 Å². The van der Waals surface area contributed by atoms with Gasteiger partial charge in [-0.1, -0.05) is 22.5 Å². The molecule has 0 atom stereocenters. The van der Waals surface area contributed by atoms with E-state index in [0.717, 1.165) is 5.56 Å². The fourth-order valence-corrected chi connectivity index (χ4v) is 3.28. The summed E-state index contributed by atoms with van der Waals surface area (Å²) in [6, 6.07) is 9.99. The van der Waals surface area contributed by atoms with Crippen LogP contribution in [0.4, 0.5) is 18.0 Å². The molecule has 34 heavy (non-hydrogen) atoms. The summed E-state index contributed by atoms with van der Waals surface area (Å²) < 4.78 is 49.2. The first kappa shape index (κ1) is 24.9. The lowest BCUT2D eigenvalue weighted by atomic mass is 10.1. The van der Waals surface area contributed by atoms with E-state index in [2.05, 4.69) is 20.5 Å². The predicted molar refractivity (Wildman–Crippen MR) is 117 cm³/mol. The molecule has 0 fully saturated rings. The molecule has 0 aliphatic rings. The van der Waals surface area contributed by atoms with Crippen molar-refractivity contribution in [1.82, 2.24) is 20.5 Å². The van der Waals surface area contributed by atoms with Gasteiger partial charge in [0, 0.05) is 18.3 Å². The van der Waals surface area contributed by atoms with Gasteiger partial charge < -0.3 is 14.8 Å². The van der Waals surface area contributed by atoms with Crippen molar-refractivity contribution in [3.8, 4) is 28.3 Å². The van der Waals surface area contributed by atoms with Crippen LogP contribution in [-0.4, -0.2) is 33.4 Å². The Labute approximate surface area is 197 Å². The van der Waals surface area contributed by atoms with E-state index in [4.69, 9.17) is 9.47 Å². The molecule has 3 aromatic rings. The van der Waals surface area contributed by atoms with Crippen LogP contribution in [0.1, 0.15) is 36.9 Å². The zero-order chi connectivity index (χ0) is 24.9. The van der Waals surface area contributed by atoms with E-state index >= 15 is 0 Å². The zero-order valence-electron chi connectivity index (χ0n) is 18.4. The molecule has 0 radical (unpaired) electrons. The Morgan fingerprint density at radius 1 is 1.18 bits per heavy atom. The number of nitrogens with zero attached hydrogens (tertiary/aromatic N) is 4. The van der Waals surface area contributed by atoms with Gasteiger partial charge in [-0.15, -0.1) is 5.10 Å². The summed E-state index contributed by atoms with van der Waals surface area (Å²) in [7, 11) is 0. The summed E-state index contributed by atoms with van der Waals surface area (Å²) in [6.45, 7) is 5.67. The van der Waals surface area contributed by atoms with Crippen LogP contribution in [0.2, 0.25) is 0 Å². The number of alkyl halides is 3. The van der Waals surface area contributed by atoms with Gasteiger partial charge in [-0.3, -0.25) is 4.98 Å². The third kappa shape index (κ3) is 6.89. The molecular weight excluding hydrogens is 471 g/mol. The van der Waals surface area contributed by atoms with Crippen LogP contribution in [0.25, 0.3) is 11.3 Å². The standard InChI is InChI=1S/C22H20F3N5O3S/c1-21(2,3)33-19(31)27-9-8-13-5-7-16(28-12-13)15-6-4-14(11-26)10-17(15)32-20-30-29-18(34-20)22(23,24)25/h4-7,10,12H,8-9H2,1-3H3,(H,27,31). The number of carbonyl (C=O) groups excluding carboxylic acids is 1. The zero-order valence-corrected chi connectivity index (χ0v) is 19.3. The van der Waals surface area contributed by atoms with Crippen LogP contribution in [0.15, 0.2) is 36.5 Å². The molecule has 0 spiro atoms. The van der Waals surface area contributed by atoms with Crippen molar-refractivity contribution in [3.05, 3.63) is 52.7 Å². The number of carbonyl (C=O) groups is 1. The molecule has 8 nitrogen and oxygen atoms in total. The summed E-state index contributed by atoms with van der Waals surface area (Å²) >= 11 is 0.252. The fraction of sp³-hybridized carbons (Fsp3) is 0.318. The molecule has 3 rings (SSSR count). The molecule has 2 aromatic heterocycles. The maximum Gasteiger partial charge on any atom is 0.445 e. The van der Waals surface area contributed by atoms with Crippen molar-refractivity contribution in [2.75, 3.05) is 6.54 Å². The molecule has 0 aliphatic heterocycles. The van der Waals surface area contributed by atoms with Gasteiger partial charge in [-0.2, -0.15) is 18.4 Å². The first-order valence-corrected chi connectivity index (χ1v) is 10.8. The third-order valence-electron chi connectivity index (χ3n) is 4.14. The predicted octanol–water partition coefficient (Wildman–Crippen LogP) is 5.35. The van der Waals surface area contributed by atoms with Crippen LogP contribution >= 0.6 is 11.3 Å². The Bertz CT molecular complexity index is 1200. The van der Waals surface area contributed by atoms with Crippen molar-refractivity contribution in [2.45, 2.75) is 39.0 Å². The van der Waals surface area contributed by atoms with Gasteiger partial charge in [0.05, 0.1) is 17.3 Å². The van der Waals surface area contributed by atoms with Gasteiger partial charge in [-0.05, 0) is 57.0 Å². The van der Waals surface area contributed by atoms with Crippen LogP contribution in [0.5, 0.6) is 10.9 Å². The highest BCUT2D eigenvalue weighted by atomic mass is 32.1. The molecule has 1 aromatic carbocycles. The van der Waals surface area contributed by atoms with Crippen LogP contribution in [0.3, 0.4) is 0 Å². The molecule has 0 saturated carbocycles. The highest BCUT2D eigenvalue weighted by Gasteiger charge is 2.36. The molecule has 2 heterocycles. The Morgan fingerprint density at radius 3 is 2.53 bits per heavy atom. The second-order valence-electron chi connectivity index (χ2n) is 8.03. The number of pyridine rings is 1. The molecule has 0 bridgehead atoms. The minimum atomic E-state index is -4.63. The number of nitrogens with one attached hydrogen (secondary N) is 1. The van der Waals surface area contributed by atoms with Gasteiger partial charge >= 0.3 is 12.3 Å². The molecular formula is C22H20F3N5O3S. The SMILES string of the molecule is CC(C)(C)OC(=O)NCCc1ccc(-c2ccc(C#N)cc2Oc2nnc(C(F)(F)F)s2)nc1. The number of ether oxygens (including phenoxy) is 2. The van der Waals surface area contributed by atoms with E-state index in [9.17, 15) is 23.2 Å². The van der Waals surface area contributed by atoms with E-state index in [-0.39, 0.29) is 27.8 Å². The molecule has 1 amide bonds. The summed E-state index contributed by atoms with van der Waals surface area (Å²) in [4.78, 5) is 16.1. The average Bonchev–Trinajstić information content (AvgIpc) is 3.22. The van der Waals surface area contributed by atoms with Crippen molar-refractivity contribution in [3.63, 3.8) is 0 Å². The summed E-state index contributed by atoms with van der Waals surface area (Å²) in [5, 5.41) is 16.9. The lowest BCUT2D eigenvalue weighted by Crippen LogP contribution is -2.33. The van der Waals surface area contributed by atoms with Crippen molar-refractivity contribution < 1.29 is 27.4 Å². The van der Waals surface area contributed by atoms with Gasteiger partial charge in [0.25, 0.3) is 5.19 Å². The third-order valence-corrected chi connectivity index (χ3v) is 4.99. The lowest BCUT2D eigenvalue weighted by Gasteiger charge is -2.19.